The van der Waals surface area contributed by atoms with Crippen LogP contribution in [0.3, 0.4) is 0 Å². The van der Waals surface area contributed by atoms with E-state index in [1.54, 1.807) is 0 Å². The van der Waals surface area contributed by atoms with Crippen molar-refractivity contribution in [3.8, 4) is 11.5 Å². The van der Waals surface area contributed by atoms with Crippen molar-refractivity contribution in [2.75, 3.05) is 32.8 Å². The minimum atomic E-state index is 0.442. The molecule has 3 rings (SSSR count). The van der Waals surface area contributed by atoms with E-state index >= 15 is 0 Å². The molecule has 1 fully saturated rings. The van der Waals surface area contributed by atoms with Crippen LogP contribution in [0.15, 0.2) is 48.5 Å². The van der Waals surface area contributed by atoms with Gasteiger partial charge in [-0.15, -0.1) is 0 Å². The number of ether oxygens (including phenoxy) is 2. The first kappa shape index (κ1) is 21.7. The van der Waals surface area contributed by atoms with Gasteiger partial charge in [0.05, 0.1) is 6.61 Å². The molecule has 158 valence electrons. The molecule has 0 spiro atoms. The van der Waals surface area contributed by atoms with E-state index in [1.807, 2.05) is 25.1 Å². The van der Waals surface area contributed by atoms with Gasteiger partial charge in [-0.2, -0.15) is 0 Å². The molecule has 2 aromatic carbocycles. The van der Waals surface area contributed by atoms with Crippen LogP contribution in [0, 0.1) is 0 Å². The Morgan fingerprint density at radius 3 is 2.62 bits per heavy atom. The van der Waals surface area contributed by atoms with Crippen LogP contribution in [0.2, 0.25) is 0 Å². The maximum atomic E-state index is 6.11. The van der Waals surface area contributed by atoms with Crippen LogP contribution in [0.4, 0.5) is 0 Å². The highest BCUT2D eigenvalue weighted by atomic mass is 16.5. The molecule has 1 saturated heterocycles. The summed E-state index contributed by atoms with van der Waals surface area (Å²) < 4.78 is 12.1. The van der Waals surface area contributed by atoms with E-state index < -0.39 is 0 Å². The van der Waals surface area contributed by atoms with Crippen molar-refractivity contribution in [3.63, 3.8) is 0 Å². The molecular formula is C25H36N2O2. The number of hydrogen-bond acceptors (Lipinski definition) is 4. The Morgan fingerprint density at radius 1 is 0.966 bits per heavy atom. The summed E-state index contributed by atoms with van der Waals surface area (Å²) >= 11 is 0. The summed E-state index contributed by atoms with van der Waals surface area (Å²) in [7, 11) is 0. The smallest absolute Gasteiger partial charge is 0.161 e. The molecule has 4 nitrogen and oxygen atoms in total. The Labute approximate surface area is 176 Å². The lowest BCUT2D eigenvalue weighted by molar-refractivity contribution is 0.196. The van der Waals surface area contributed by atoms with Crippen LogP contribution in [-0.2, 0) is 6.61 Å². The molecule has 1 atom stereocenters. The standard InChI is InChI=1S/C25H36N2O2/c1-3-5-12-23(27-17-9-15-26-16-18-27)22-13-14-24(25(19-22)28-4-2)29-20-21-10-7-6-8-11-21/h6-8,10-11,13-14,19,23,26H,3-5,9,12,15-18,20H2,1-2H3. The van der Waals surface area contributed by atoms with Gasteiger partial charge in [0.1, 0.15) is 6.61 Å². The summed E-state index contributed by atoms with van der Waals surface area (Å²) in [5, 5.41) is 3.53. The van der Waals surface area contributed by atoms with Crippen LogP contribution >= 0.6 is 0 Å². The third-order valence-corrected chi connectivity index (χ3v) is 5.54. The summed E-state index contributed by atoms with van der Waals surface area (Å²) in [4.78, 5) is 2.64. The molecule has 0 amide bonds. The van der Waals surface area contributed by atoms with Gasteiger partial charge in [0.25, 0.3) is 0 Å². The van der Waals surface area contributed by atoms with Crippen LogP contribution in [0.1, 0.15) is 56.7 Å². The topological polar surface area (TPSA) is 33.7 Å². The molecule has 0 bridgehead atoms. The predicted molar refractivity (Wildman–Crippen MR) is 120 cm³/mol. The molecule has 0 aliphatic carbocycles. The third-order valence-electron chi connectivity index (χ3n) is 5.54. The predicted octanol–water partition coefficient (Wildman–Crippen LogP) is 5.19. The normalized spacial score (nSPS) is 16.2. The lowest BCUT2D eigenvalue weighted by Gasteiger charge is -2.31. The van der Waals surface area contributed by atoms with Gasteiger partial charge in [-0.05, 0) is 49.6 Å². The molecule has 1 unspecified atom stereocenters. The minimum Gasteiger partial charge on any atom is -0.490 e. The Balaban J connectivity index is 1.79. The largest absolute Gasteiger partial charge is 0.490 e. The second-order valence-electron chi connectivity index (χ2n) is 7.71. The number of unbranched alkanes of at least 4 members (excludes halogenated alkanes) is 1. The molecule has 2 aromatic rings. The van der Waals surface area contributed by atoms with Gasteiger partial charge in [-0.1, -0.05) is 56.2 Å². The molecule has 0 aromatic heterocycles. The summed E-state index contributed by atoms with van der Waals surface area (Å²) in [6, 6.07) is 17.3. The van der Waals surface area contributed by atoms with Gasteiger partial charge in [0.2, 0.25) is 0 Å². The summed E-state index contributed by atoms with van der Waals surface area (Å²) in [5.74, 6) is 1.68. The van der Waals surface area contributed by atoms with Crippen molar-refractivity contribution >= 4 is 0 Å². The highest BCUT2D eigenvalue weighted by Crippen LogP contribution is 2.35. The molecule has 29 heavy (non-hydrogen) atoms. The highest BCUT2D eigenvalue weighted by molar-refractivity contribution is 5.44. The SMILES string of the molecule is CCCCC(c1ccc(OCc2ccccc2)c(OCC)c1)N1CCCNCC1. The van der Waals surface area contributed by atoms with E-state index in [4.69, 9.17) is 9.47 Å². The first-order valence-electron chi connectivity index (χ1n) is 11.2. The average molecular weight is 397 g/mol. The zero-order valence-corrected chi connectivity index (χ0v) is 18.0. The van der Waals surface area contributed by atoms with Crippen molar-refractivity contribution < 1.29 is 9.47 Å². The molecule has 1 N–H and O–H groups in total. The van der Waals surface area contributed by atoms with Gasteiger partial charge in [0.15, 0.2) is 11.5 Å². The first-order chi connectivity index (χ1) is 14.3. The van der Waals surface area contributed by atoms with E-state index in [1.165, 1.54) is 31.2 Å². The second kappa shape index (κ2) is 11.8. The van der Waals surface area contributed by atoms with Crippen LogP contribution in [0.25, 0.3) is 0 Å². The summed E-state index contributed by atoms with van der Waals surface area (Å²) in [6.45, 7) is 9.93. The molecular weight excluding hydrogens is 360 g/mol. The molecule has 0 radical (unpaired) electrons. The van der Waals surface area contributed by atoms with Crippen LogP contribution < -0.4 is 14.8 Å². The molecule has 1 aliphatic heterocycles. The van der Waals surface area contributed by atoms with Crippen molar-refractivity contribution in [3.05, 3.63) is 59.7 Å². The zero-order valence-electron chi connectivity index (χ0n) is 18.0. The number of nitrogens with one attached hydrogen (secondary N) is 1. The van der Waals surface area contributed by atoms with Crippen molar-refractivity contribution in [2.24, 2.45) is 0 Å². The third kappa shape index (κ3) is 6.48. The van der Waals surface area contributed by atoms with Crippen LogP contribution in [0.5, 0.6) is 11.5 Å². The fourth-order valence-corrected chi connectivity index (χ4v) is 3.99. The van der Waals surface area contributed by atoms with Gasteiger partial charge in [-0.25, -0.2) is 0 Å². The van der Waals surface area contributed by atoms with E-state index in [0.717, 1.165) is 43.2 Å². The monoisotopic (exact) mass is 396 g/mol. The van der Waals surface area contributed by atoms with Crippen molar-refractivity contribution in [1.82, 2.24) is 10.2 Å². The van der Waals surface area contributed by atoms with E-state index in [-0.39, 0.29) is 0 Å². The number of nitrogens with zero attached hydrogens (tertiary/aromatic N) is 1. The summed E-state index contributed by atoms with van der Waals surface area (Å²) in [6.07, 6.45) is 4.86. The molecule has 0 saturated carbocycles. The number of hydrogen-bond donors (Lipinski definition) is 1. The minimum absolute atomic E-state index is 0.442. The van der Waals surface area contributed by atoms with Gasteiger partial charge in [0, 0.05) is 25.7 Å². The number of benzene rings is 2. The fourth-order valence-electron chi connectivity index (χ4n) is 3.99. The first-order valence-corrected chi connectivity index (χ1v) is 11.2. The van der Waals surface area contributed by atoms with Gasteiger partial charge in [-0.3, -0.25) is 4.90 Å². The molecule has 1 heterocycles. The van der Waals surface area contributed by atoms with Crippen LogP contribution in [-0.4, -0.2) is 37.7 Å². The molecule has 1 aliphatic rings. The Morgan fingerprint density at radius 2 is 1.83 bits per heavy atom. The number of rotatable bonds is 10. The maximum absolute atomic E-state index is 6.11. The summed E-state index contributed by atoms with van der Waals surface area (Å²) in [5.41, 5.74) is 2.51. The van der Waals surface area contributed by atoms with Crippen molar-refractivity contribution in [2.45, 2.75) is 52.2 Å². The highest BCUT2D eigenvalue weighted by Gasteiger charge is 2.22. The Kier molecular flexibility index (Phi) is 8.84. The molecule has 4 heteroatoms. The van der Waals surface area contributed by atoms with E-state index in [2.05, 4.69) is 47.5 Å². The Bertz CT molecular complexity index is 712. The quantitative estimate of drug-likeness (QED) is 0.599. The lowest BCUT2D eigenvalue weighted by atomic mass is 9.98. The lowest BCUT2D eigenvalue weighted by Crippen LogP contribution is -2.32. The fraction of sp³-hybridized carbons (Fsp3) is 0.520. The zero-order chi connectivity index (χ0) is 20.3. The van der Waals surface area contributed by atoms with Gasteiger partial charge >= 0.3 is 0 Å². The van der Waals surface area contributed by atoms with E-state index in [0.29, 0.717) is 19.3 Å². The maximum Gasteiger partial charge on any atom is 0.161 e. The second-order valence-corrected chi connectivity index (χ2v) is 7.71. The Hall–Kier alpha value is -2.04. The van der Waals surface area contributed by atoms with E-state index in [9.17, 15) is 0 Å². The average Bonchev–Trinajstić information content (AvgIpc) is 3.04. The van der Waals surface area contributed by atoms with Gasteiger partial charge < -0.3 is 14.8 Å². The van der Waals surface area contributed by atoms with Crippen molar-refractivity contribution in [1.29, 1.82) is 0 Å².